The molecule has 16 heteroatoms. The first-order valence-corrected chi connectivity index (χ1v) is 26.0. The Morgan fingerprint density at radius 2 is 1.77 bits per heavy atom. The molecular weight excluding hydrogens is 855 g/mol. The van der Waals surface area contributed by atoms with Crippen molar-refractivity contribution in [3.05, 3.63) is 35.6 Å². The van der Waals surface area contributed by atoms with Gasteiger partial charge in [0.1, 0.15) is 49.3 Å². The summed E-state index contributed by atoms with van der Waals surface area (Å²) >= 11 is 1.23. The summed E-state index contributed by atoms with van der Waals surface area (Å²) in [6, 6.07) is 6.78. The topological polar surface area (TPSA) is 112 Å². The van der Waals surface area contributed by atoms with E-state index in [9.17, 15) is 9.18 Å². The number of nitrogens with zero attached hydrogens (tertiary/aromatic N) is 6. The Labute approximate surface area is 381 Å². The molecule has 2 aromatic heterocycles. The summed E-state index contributed by atoms with van der Waals surface area (Å²) in [5, 5.41) is 1.46. The van der Waals surface area contributed by atoms with Crippen molar-refractivity contribution in [3.63, 3.8) is 0 Å². The lowest BCUT2D eigenvalue weighted by Crippen LogP contribution is -2.49. The van der Waals surface area contributed by atoms with Gasteiger partial charge in [-0.15, -0.1) is 5.54 Å². The van der Waals surface area contributed by atoms with Gasteiger partial charge in [0.2, 0.25) is 0 Å². The Balaban J connectivity index is 1.22. The highest BCUT2D eigenvalue weighted by Gasteiger charge is 2.50. The van der Waals surface area contributed by atoms with Gasteiger partial charge in [0.25, 0.3) is 5.19 Å². The molecule has 5 fully saturated rings. The Hall–Kier alpha value is -4.30. The van der Waals surface area contributed by atoms with E-state index >= 15 is 4.39 Å². The number of piperidine rings is 1. The van der Waals surface area contributed by atoms with E-state index in [1.165, 1.54) is 17.4 Å². The first kappa shape index (κ1) is 46.2. The highest BCUT2D eigenvalue weighted by Crippen LogP contribution is 2.45. The molecular formula is C48H64F2N6O6SSi. The second kappa shape index (κ2) is 18.2. The zero-order chi connectivity index (χ0) is 45.7. The van der Waals surface area contributed by atoms with Crippen LogP contribution in [0.5, 0.6) is 22.7 Å². The summed E-state index contributed by atoms with van der Waals surface area (Å²) < 4.78 is 61.3. The van der Waals surface area contributed by atoms with Gasteiger partial charge in [-0.05, 0) is 93.1 Å². The van der Waals surface area contributed by atoms with E-state index in [2.05, 4.69) is 62.8 Å². The number of rotatable bonds is 12. The molecule has 0 N–H and O–H groups in total. The fraction of sp³-hybridized carbons (Fsp3) is 0.625. The number of carbonyl (C=O) groups is 1. The third-order valence-electron chi connectivity index (χ3n) is 13.9. The summed E-state index contributed by atoms with van der Waals surface area (Å²) in [6.45, 7) is 22.3. The third kappa shape index (κ3) is 9.11. The second-order valence-electron chi connectivity index (χ2n) is 20.2. The number of carbonyl (C=O) groups excluding carboxylic acids is 1. The van der Waals surface area contributed by atoms with Crippen LogP contribution in [0.15, 0.2) is 24.3 Å². The van der Waals surface area contributed by atoms with E-state index in [0.717, 1.165) is 32.2 Å². The number of ether oxygens (including phenoxy) is 5. The lowest BCUT2D eigenvalue weighted by Gasteiger charge is -2.38. The van der Waals surface area contributed by atoms with Gasteiger partial charge in [0.15, 0.2) is 17.4 Å². The van der Waals surface area contributed by atoms with Gasteiger partial charge in [-0.3, -0.25) is 4.90 Å². The number of aromatic nitrogens is 3. The number of hydrogen-bond donors (Lipinski definition) is 0. The summed E-state index contributed by atoms with van der Waals surface area (Å²) in [6.07, 6.45) is 2.82. The average molecular weight is 919 g/mol. The number of alkyl halides is 1. The Kier molecular flexibility index (Phi) is 13.1. The standard InChI is InChI=1S/C48H64F2N6O6SSi/c1-29(2)64(30(3)4,31(5)6)19-16-37-38(50)15-13-33-20-36(60-28-58-10)21-39(40(33)37)61-45-51-41-42(54-23-32-12-14-35(26-54)56(24-32)46(57)62-47(7,8)9)52-44(53-43(41)63-45)59-27-48-17-11-18-55(48)25-34(49)22-48/h13,15,20-21,29-32,34-35H,11-12,14,17-18,22-28H2,1-10H3/t32?,34-,35?,48+/m1/s1. The predicted octanol–water partition coefficient (Wildman–Crippen LogP) is 10.5. The number of thiazole rings is 1. The van der Waals surface area contributed by atoms with E-state index in [0.29, 0.717) is 87.7 Å². The monoisotopic (exact) mass is 918 g/mol. The summed E-state index contributed by atoms with van der Waals surface area (Å²) in [5.41, 5.74) is 4.53. The smallest absolute Gasteiger partial charge is 0.410 e. The van der Waals surface area contributed by atoms with E-state index in [1.807, 2.05) is 31.7 Å². The van der Waals surface area contributed by atoms with Crippen LogP contribution >= 0.6 is 11.3 Å². The first-order valence-electron chi connectivity index (χ1n) is 22.9. The molecule has 5 aliphatic rings. The second-order valence-corrected chi connectivity index (χ2v) is 26.7. The molecule has 0 aliphatic carbocycles. The summed E-state index contributed by atoms with van der Waals surface area (Å²) in [5.74, 6) is 4.48. The van der Waals surface area contributed by atoms with Crippen LogP contribution in [0.25, 0.3) is 21.1 Å². The zero-order valence-corrected chi connectivity index (χ0v) is 40.9. The molecule has 0 spiro atoms. The van der Waals surface area contributed by atoms with Crippen molar-refractivity contribution in [1.82, 2.24) is 24.8 Å². The maximum atomic E-state index is 16.2. The third-order valence-corrected chi connectivity index (χ3v) is 21.0. The highest BCUT2D eigenvalue weighted by molar-refractivity contribution is 7.19. The van der Waals surface area contributed by atoms with Gasteiger partial charge in [0, 0.05) is 51.2 Å². The Morgan fingerprint density at radius 3 is 2.48 bits per heavy atom. The van der Waals surface area contributed by atoms with E-state index in [-0.39, 0.29) is 48.2 Å². The number of methoxy groups -OCH3 is 1. The molecule has 9 rings (SSSR count). The molecule has 0 saturated carbocycles. The van der Waals surface area contributed by atoms with Crippen LogP contribution in [-0.4, -0.2) is 116 Å². The number of fused-ring (bicyclic) bond motifs is 7. The molecule has 2 bridgehead atoms. The minimum absolute atomic E-state index is 0.00115. The van der Waals surface area contributed by atoms with Crippen LogP contribution in [0.2, 0.25) is 16.6 Å². The molecule has 0 radical (unpaired) electrons. The lowest BCUT2D eigenvalue weighted by molar-refractivity contribution is 0.00808. The molecule has 4 aromatic rings. The van der Waals surface area contributed by atoms with E-state index in [1.54, 1.807) is 19.2 Å². The van der Waals surface area contributed by atoms with Gasteiger partial charge in [-0.2, -0.15) is 15.0 Å². The van der Waals surface area contributed by atoms with E-state index in [4.69, 9.17) is 38.6 Å². The summed E-state index contributed by atoms with van der Waals surface area (Å²) in [4.78, 5) is 35.3. The van der Waals surface area contributed by atoms with Crippen molar-refractivity contribution >= 4 is 52.4 Å². The van der Waals surface area contributed by atoms with Gasteiger partial charge >= 0.3 is 12.1 Å². The number of halogens is 2. The van der Waals surface area contributed by atoms with Crippen molar-refractivity contribution in [3.8, 4) is 34.2 Å². The van der Waals surface area contributed by atoms with Crippen LogP contribution < -0.4 is 19.1 Å². The number of benzene rings is 2. The average Bonchev–Trinajstić information content (AvgIpc) is 3.80. The molecule has 1 amide bonds. The normalized spacial score (nSPS) is 22.7. The molecule has 64 heavy (non-hydrogen) atoms. The number of hydrogen-bond acceptors (Lipinski definition) is 12. The number of anilines is 1. The van der Waals surface area contributed by atoms with Crippen molar-refractivity contribution in [2.24, 2.45) is 5.92 Å². The Bertz CT molecular complexity index is 2410. The maximum absolute atomic E-state index is 16.2. The SMILES string of the molecule is COCOc1cc(Oc2nc3c(N4CC5CCC(C4)N(C(=O)OC(C)(C)C)C5)nc(OC[C@@]45CCCN4C[C@H](F)C5)nc3s2)c2c(C#C[Si](C(C)C)(C(C)C)C(C)C)c(F)ccc2c1. The molecule has 2 aromatic carbocycles. The van der Waals surface area contributed by atoms with E-state index < -0.39 is 31.2 Å². The quantitative estimate of drug-likeness (QED) is 0.0769. The minimum atomic E-state index is -2.25. The largest absolute Gasteiger partial charge is 0.467 e. The molecule has 5 aliphatic heterocycles. The predicted molar refractivity (Wildman–Crippen MR) is 250 cm³/mol. The van der Waals surface area contributed by atoms with Gasteiger partial charge in [0.05, 0.1) is 17.1 Å². The molecule has 4 atom stereocenters. The van der Waals surface area contributed by atoms with Crippen LogP contribution in [0.1, 0.15) is 100.0 Å². The number of amides is 1. The summed E-state index contributed by atoms with van der Waals surface area (Å²) in [7, 11) is -0.701. The van der Waals surface area contributed by atoms with Crippen LogP contribution in [0.3, 0.4) is 0 Å². The molecule has 2 unspecified atom stereocenters. The van der Waals surface area contributed by atoms with Crippen molar-refractivity contribution in [2.45, 2.75) is 134 Å². The first-order chi connectivity index (χ1) is 30.4. The lowest BCUT2D eigenvalue weighted by atomic mass is 9.95. The molecule has 7 heterocycles. The van der Waals surface area contributed by atoms with Crippen molar-refractivity contribution in [2.75, 3.05) is 58.1 Å². The minimum Gasteiger partial charge on any atom is -0.467 e. The fourth-order valence-corrected chi connectivity index (χ4v) is 17.0. The fourth-order valence-electron chi connectivity index (χ4n) is 11.0. The Morgan fingerprint density at radius 1 is 1.00 bits per heavy atom. The molecule has 346 valence electrons. The van der Waals surface area contributed by atoms with Crippen molar-refractivity contribution < 1.29 is 37.3 Å². The van der Waals surface area contributed by atoms with Crippen molar-refractivity contribution in [1.29, 1.82) is 0 Å². The van der Waals surface area contributed by atoms with Crippen LogP contribution in [-0.2, 0) is 9.47 Å². The highest BCUT2D eigenvalue weighted by atomic mass is 32.1. The maximum Gasteiger partial charge on any atom is 0.410 e. The van der Waals surface area contributed by atoms with Crippen LogP contribution in [0, 0.1) is 23.2 Å². The zero-order valence-electron chi connectivity index (χ0n) is 39.1. The van der Waals surface area contributed by atoms with Gasteiger partial charge in [-0.1, -0.05) is 64.9 Å². The molecule has 12 nitrogen and oxygen atoms in total. The van der Waals surface area contributed by atoms with Gasteiger partial charge in [-0.25, -0.2) is 13.6 Å². The van der Waals surface area contributed by atoms with Crippen LogP contribution in [0.4, 0.5) is 19.4 Å². The molecule has 5 saturated heterocycles. The van der Waals surface area contributed by atoms with Gasteiger partial charge < -0.3 is 33.5 Å².